The van der Waals surface area contributed by atoms with E-state index in [1.165, 1.54) is 25.9 Å². The summed E-state index contributed by atoms with van der Waals surface area (Å²) in [6, 6.07) is 6.55. The lowest BCUT2D eigenvalue weighted by molar-refractivity contribution is -0.121. The molecule has 0 unspecified atom stereocenters. The Bertz CT molecular complexity index is 749. The van der Waals surface area contributed by atoms with Crippen LogP contribution in [0.4, 0.5) is 5.69 Å². The molecule has 1 N–H and O–H groups in total. The number of hydrogen-bond donors (Lipinski definition) is 1. The summed E-state index contributed by atoms with van der Waals surface area (Å²) in [5.74, 6) is -0.920. The molecule has 1 heterocycles. The van der Waals surface area contributed by atoms with Gasteiger partial charge in [-0.2, -0.15) is 4.99 Å². The van der Waals surface area contributed by atoms with E-state index in [4.69, 9.17) is 4.84 Å². The van der Waals surface area contributed by atoms with Crippen LogP contribution in [-0.4, -0.2) is 65.3 Å². The number of anilines is 1. The molecule has 0 aliphatic carbocycles. The fraction of sp³-hybridized carbons (Fsp3) is 0.444. The molecule has 0 bridgehead atoms. The van der Waals surface area contributed by atoms with Crippen molar-refractivity contribution in [3.63, 3.8) is 0 Å². The van der Waals surface area contributed by atoms with Crippen molar-refractivity contribution in [1.82, 2.24) is 9.96 Å². The zero-order valence-corrected chi connectivity index (χ0v) is 16.7. The fourth-order valence-corrected chi connectivity index (χ4v) is 3.71. The second-order valence-corrected chi connectivity index (χ2v) is 7.00. The summed E-state index contributed by atoms with van der Waals surface area (Å²) in [5, 5.41) is 3.97. The lowest BCUT2D eigenvalue weighted by Gasteiger charge is -2.19. The average Bonchev–Trinajstić information content (AvgIpc) is 3.01. The van der Waals surface area contributed by atoms with Gasteiger partial charge in [-0.1, -0.05) is 17.8 Å². The molecule has 0 aromatic heterocycles. The Morgan fingerprint density at radius 3 is 2.63 bits per heavy atom. The van der Waals surface area contributed by atoms with E-state index in [0.29, 0.717) is 16.4 Å². The molecule has 2 rings (SSSR count). The molecule has 0 spiro atoms. The number of rotatable bonds is 7. The van der Waals surface area contributed by atoms with E-state index in [2.05, 4.69) is 10.3 Å². The van der Waals surface area contributed by atoms with E-state index in [1.807, 2.05) is 18.7 Å². The van der Waals surface area contributed by atoms with Gasteiger partial charge < -0.3 is 10.2 Å². The van der Waals surface area contributed by atoms with Crippen LogP contribution in [0.1, 0.15) is 30.6 Å². The van der Waals surface area contributed by atoms with Crippen LogP contribution in [0.5, 0.6) is 0 Å². The SMILES string of the molecule is CCN(CC)C1=NC(=O)[C@@H](CC(=O)Nc2cccc(C(=O)N(C)OC)c2)S1. The third-order valence-electron chi connectivity index (χ3n) is 4.09. The number of amides is 3. The Kier molecular flexibility index (Phi) is 7.37. The van der Waals surface area contributed by atoms with Gasteiger partial charge in [0.1, 0.15) is 5.25 Å². The molecule has 0 fully saturated rings. The van der Waals surface area contributed by atoms with E-state index < -0.39 is 5.25 Å². The van der Waals surface area contributed by atoms with Gasteiger partial charge in [-0.05, 0) is 32.0 Å². The first kappa shape index (κ1) is 20.9. The Balaban J connectivity index is 1.97. The maximum atomic E-state index is 12.3. The van der Waals surface area contributed by atoms with Crippen LogP contribution in [0.2, 0.25) is 0 Å². The monoisotopic (exact) mass is 392 g/mol. The molecule has 0 radical (unpaired) electrons. The van der Waals surface area contributed by atoms with Crippen molar-refractivity contribution >= 4 is 40.3 Å². The molecule has 1 aliphatic heterocycles. The minimum absolute atomic E-state index is 0.0217. The van der Waals surface area contributed by atoms with E-state index >= 15 is 0 Å². The van der Waals surface area contributed by atoms with Crippen LogP contribution in [0.3, 0.4) is 0 Å². The van der Waals surface area contributed by atoms with E-state index in [0.717, 1.165) is 18.2 Å². The second-order valence-electron chi connectivity index (χ2n) is 5.83. The molecule has 8 nitrogen and oxygen atoms in total. The van der Waals surface area contributed by atoms with Gasteiger partial charge >= 0.3 is 0 Å². The zero-order valence-electron chi connectivity index (χ0n) is 15.9. The molecule has 0 saturated heterocycles. The number of amidine groups is 1. The molecule has 0 saturated carbocycles. The maximum absolute atomic E-state index is 12.3. The van der Waals surface area contributed by atoms with Crippen LogP contribution >= 0.6 is 11.8 Å². The van der Waals surface area contributed by atoms with Crippen LogP contribution in [0.15, 0.2) is 29.3 Å². The third kappa shape index (κ3) is 5.30. The summed E-state index contributed by atoms with van der Waals surface area (Å²) in [7, 11) is 2.90. The van der Waals surface area contributed by atoms with Crippen LogP contribution < -0.4 is 5.32 Å². The molecule has 27 heavy (non-hydrogen) atoms. The lowest BCUT2D eigenvalue weighted by atomic mass is 10.2. The highest BCUT2D eigenvalue weighted by molar-refractivity contribution is 8.15. The quantitative estimate of drug-likeness (QED) is 0.714. The summed E-state index contributed by atoms with van der Waals surface area (Å²) >= 11 is 1.32. The highest BCUT2D eigenvalue weighted by atomic mass is 32.2. The maximum Gasteiger partial charge on any atom is 0.277 e. The number of aliphatic imine (C=N–C) groups is 1. The molecule has 1 aromatic carbocycles. The van der Waals surface area contributed by atoms with Crippen LogP contribution in [0, 0.1) is 0 Å². The number of hydroxylamine groups is 2. The largest absolute Gasteiger partial charge is 0.352 e. The molecule has 1 aliphatic rings. The van der Waals surface area contributed by atoms with E-state index in [-0.39, 0.29) is 24.1 Å². The van der Waals surface area contributed by atoms with E-state index in [1.54, 1.807) is 24.3 Å². The van der Waals surface area contributed by atoms with Crippen molar-refractivity contribution in [1.29, 1.82) is 0 Å². The molecular formula is C18H24N4O4S. The van der Waals surface area contributed by atoms with Gasteiger partial charge in [0.15, 0.2) is 5.17 Å². The summed E-state index contributed by atoms with van der Waals surface area (Å²) in [5.41, 5.74) is 0.867. The summed E-state index contributed by atoms with van der Waals surface area (Å²) < 4.78 is 0. The third-order valence-corrected chi connectivity index (χ3v) is 5.30. The van der Waals surface area contributed by atoms with Crippen molar-refractivity contribution in [2.45, 2.75) is 25.5 Å². The van der Waals surface area contributed by atoms with Crippen molar-refractivity contribution in [3.8, 4) is 0 Å². The van der Waals surface area contributed by atoms with Gasteiger partial charge in [-0.25, -0.2) is 5.06 Å². The first-order chi connectivity index (χ1) is 12.9. The lowest BCUT2D eigenvalue weighted by Crippen LogP contribution is -2.28. The molecular weight excluding hydrogens is 368 g/mol. The minimum atomic E-state index is -0.523. The molecule has 1 aromatic rings. The number of nitrogens with zero attached hydrogens (tertiary/aromatic N) is 3. The summed E-state index contributed by atoms with van der Waals surface area (Å²) in [4.78, 5) is 47.5. The summed E-state index contributed by atoms with van der Waals surface area (Å²) in [6.45, 7) is 5.50. The van der Waals surface area contributed by atoms with Gasteiger partial charge in [0.2, 0.25) is 5.91 Å². The molecule has 3 amide bonds. The van der Waals surface area contributed by atoms with Crippen molar-refractivity contribution in [2.75, 3.05) is 32.6 Å². The molecule has 146 valence electrons. The minimum Gasteiger partial charge on any atom is -0.352 e. The van der Waals surface area contributed by atoms with Gasteiger partial charge in [-0.3, -0.25) is 19.2 Å². The normalized spacial score (nSPS) is 16.1. The van der Waals surface area contributed by atoms with E-state index in [9.17, 15) is 14.4 Å². The predicted octanol–water partition coefficient (Wildman–Crippen LogP) is 1.99. The topological polar surface area (TPSA) is 91.3 Å². The summed E-state index contributed by atoms with van der Waals surface area (Å²) in [6.07, 6.45) is 0.0217. The number of carbonyl (C=O) groups excluding carboxylic acids is 3. The number of hydrogen-bond acceptors (Lipinski definition) is 6. The number of carbonyl (C=O) groups is 3. The van der Waals surface area contributed by atoms with Crippen molar-refractivity contribution in [3.05, 3.63) is 29.8 Å². The van der Waals surface area contributed by atoms with Gasteiger partial charge in [-0.15, -0.1) is 0 Å². The van der Waals surface area contributed by atoms with Gasteiger partial charge in [0, 0.05) is 37.8 Å². The zero-order chi connectivity index (χ0) is 20.0. The standard InChI is InChI=1S/C18H24N4O4S/c1-5-22(6-2)18-20-16(24)14(27-18)11-15(23)19-13-9-7-8-12(10-13)17(25)21(3)26-4/h7-10,14H,5-6,11H2,1-4H3,(H,19,23)/t14-/m1/s1. The van der Waals surface area contributed by atoms with Gasteiger partial charge in [0.25, 0.3) is 11.8 Å². The average molecular weight is 392 g/mol. The number of nitrogens with one attached hydrogen (secondary N) is 1. The highest BCUT2D eigenvalue weighted by Crippen LogP contribution is 2.27. The molecule has 1 atom stereocenters. The van der Waals surface area contributed by atoms with Crippen LogP contribution in [-0.2, 0) is 14.4 Å². The van der Waals surface area contributed by atoms with Gasteiger partial charge in [0.05, 0.1) is 7.11 Å². The highest BCUT2D eigenvalue weighted by Gasteiger charge is 2.32. The second kappa shape index (κ2) is 9.52. The number of benzene rings is 1. The molecule has 9 heteroatoms. The Morgan fingerprint density at radius 1 is 1.30 bits per heavy atom. The van der Waals surface area contributed by atoms with Crippen molar-refractivity contribution in [2.24, 2.45) is 4.99 Å². The first-order valence-corrected chi connectivity index (χ1v) is 9.53. The fourth-order valence-electron chi connectivity index (χ4n) is 2.51. The Hall–Kier alpha value is -2.39. The van der Waals surface area contributed by atoms with Crippen LogP contribution in [0.25, 0.3) is 0 Å². The Labute approximate surface area is 162 Å². The number of thioether (sulfide) groups is 1. The Morgan fingerprint density at radius 2 is 2.00 bits per heavy atom. The smallest absolute Gasteiger partial charge is 0.277 e. The first-order valence-electron chi connectivity index (χ1n) is 8.65. The van der Waals surface area contributed by atoms with Crippen molar-refractivity contribution < 1.29 is 19.2 Å². The predicted molar refractivity (Wildman–Crippen MR) is 106 cm³/mol.